The van der Waals surface area contributed by atoms with Crippen molar-refractivity contribution in [3.05, 3.63) is 29.1 Å². The van der Waals surface area contributed by atoms with Gasteiger partial charge >= 0.3 is 0 Å². The fourth-order valence-electron chi connectivity index (χ4n) is 2.51. The number of anilines is 2. The third-order valence-corrected chi connectivity index (χ3v) is 4.27. The maximum Gasteiger partial charge on any atom is 0.263 e. The molecule has 2 aromatic rings. The number of rotatable bonds is 10. The Bertz CT molecular complexity index is 773. The van der Waals surface area contributed by atoms with Crippen molar-refractivity contribution in [1.29, 1.82) is 0 Å². The molecule has 1 heterocycles. The quantitative estimate of drug-likeness (QED) is 0.269. The van der Waals surface area contributed by atoms with E-state index in [2.05, 4.69) is 31.7 Å². The molecule has 0 bridgehead atoms. The zero-order chi connectivity index (χ0) is 19.8. The first-order valence-corrected chi connectivity index (χ1v) is 9.69. The topological polar surface area (TPSA) is 93.6 Å². The van der Waals surface area contributed by atoms with Crippen LogP contribution in [0.25, 0.3) is 0 Å². The van der Waals surface area contributed by atoms with Gasteiger partial charge in [0.2, 0.25) is 0 Å². The second kappa shape index (κ2) is 10.2. The van der Waals surface area contributed by atoms with Crippen LogP contribution in [-0.4, -0.2) is 52.5 Å². The van der Waals surface area contributed by atoms with Crippen LogP contribution >= 0.6 is 23.2 Å². The fourth-order valence-corrected chi connectivity index (χ4v) is 2.92. The standard InChI is InChI=1S/C17H25Cl2N7O/c1-4-27-16-10-14(11-21-23-17-24-22-13(3)26(17)20)12(2)9-15(16)25(7-5-18)8-6-19/h9-11H,4-8,20H2,1-3H3,(H,23,24). The van der Waals surface area contributed by atoms with Crippen molar-refractivity contribution < 1.29 is 4.74 Å². The molecule has 0 saturated heterocycles. The van der Waals surface area contributed by atoms with Crippen molar-refractivity contribution in [1.82, 2.24) is 14.9 Å². The van der Waals surface area contributed by atoms with Crippen LogP contribution in [0.5, 0.6) is 5.75 Å². The Morgan fingerprint density at radius 1 is 1.26 bits per heavy atom. The molecule has 2 rings (SSSR count). The highest BCUT2D eigenvalue weighted by atomic mass is 35.5. The number of hydrazone groups is 1. The number of hydrogen-bond donors (Lipinski definition) is 2. The predicted molar refractivity (Wildman–Crippen MR) is 112 cm³/mol. The maximum absolute atomic E-state index is 5.95. The second-order valence-corrected chi connectivity index (χ2v) is 6.54. The zero-order valence-electron chi connectivity index (χ0n) is 15.7. The minimum Gasteiger partial charge on any atom is -0.492 e. The lowest BCUT2D eigenvalue weighted by Crippen LogP contribution is -2.28. The van der Waals surface area contributed by atoms with Gasteiger partial charge < -0.3 is 15.5 Å². The lowest BCUT2D eigenvalue weighted by molar-refractivity contribution is 0.340. The van der Waals surface area contributed by atoms with Gasteiger partial charge in [-0.3, -0.25) is 0 Å². The zero-order valence-corrected chi connectivity index (χ0v) is 17.3. The number of nitrogen functional groups attached to an aromatic ring is 1. The Hall–Kier alpha value is -2.19. The summed E-state index contributed by atoms with van der Waals surface area (Å²) in [5, 5.41) is 12.0. The first-order valence-electron chi connectivity index (χ1n) is 8.62. The van der Waals surface area contributed by atoms with E-state index in [0.29, 0.717) is 43.2 Å². The number of aryl methyl sites for hydroxylation is 2. The van der Waals surface area contributed by atoms with Gasteiger partial charge in [0.15, 0.2) is 5.82 Å². The number of halogens is 2. The third kappa shape index (κ3) is 5.40. The van der Waals surface area contributed by atoms with E-state index in [1.54, 1.807) is 13.1 Å². The van der Waals surface area contributed by atoms with Crippen molar-refractivity contribution in [2.24, 2.45) is 5.10 Å². The number of nitrogens with zero attached hydrogens (tertiary/aromatic N) is 5. The molecule has 148 valence electrons. The Morgan fingerprint density at radius 2 is 1.96 bits per heavy atom. The summed E-state index contributed by atoms with van der Waals surface area (Å²) in [6, 6.07) is 4.01. The van der Waals surface area contributed by atoms with Gasteiger partial charge in [-0.15, -0.1) is 33.4 Å². The highest BCUT2D eigenvalue weighted by molar-refractivity contribution is 6.18. The normalized spacial score (nSPS) is 11.1. The maximum atomic E-state index is 5.95. The molecule has 0 aliphatic rings. The van der Waals surface area contributed by atoms with Crippen LogP contribution in [0.4, 0.5) is 11.6 Å². The lowest BCUT2D eigenvalue weighted by atomic mass is 10.1. The molecule has 10 heteroatoms. The molecule has 0 amide bonds. The Morgan fingerprint density at radius 3 is 2.52 bits per heavy atom. The predicted octanol–water partition coefficient (Wildman–Crippen LogP) is 2.74. The summed E-state index contributed by atoms with van der Waals surface area (Å²) in [7, 11) is 0. The Labute approximate surface area is 169 Å². The summed E-state index contributed by atoms with van der Waals surface area (Å²) in [6.45, 7) is 7.64. The molecular weight excluding hydrogens is 389 g/mol. The molecule has 1 aromatic heterocycles. The van der Waals surface area contributed by atoms with Crippen LogP contribution in [0.3, 0.4) is 0 Å². The molecule has 0 saturated carbocycles. The molecule has 0 aliphatic heterocycles. The average molecular weight is 414 g/mol. The number of ether oxygens (including phenoxy) is 1. The largest absolute Gasteiger partial charge is 0.492 e. The van der Waals surface area contributed by atoms with Gasteiger partial charge in [-0.1, -0.05) is 0 Å². The molecule has 8 nitrogen and oxygen atoms in total. The minimum absolute atomic E-state index is 0.360. The van der Waals surface area contributed by atoms with E-state index in [9.17, 15) is 0 Å². The molecule has 0 spiro atoms. The van der Waals surface area contributed by atoms with E-state index >= 15 is 0 Å². The summed E-state index contributed by atoms with van der Waals surface area (Å²) in [5.41, 5.74) is 5.71. The number of benzene rings is 1. The van der Waals surface area contributed by atoms with E-state index in [0.717, 1.165) is 22.6 Å². The molecule has 3 N–H and O–H groups in total. The van der Waals surface area contributed by atoms with Crippen molar-refractivity contribution >= 4 is 41.1 Å². The van der Waals surface area contributed by atoms with Gasteiger partial charge in [-0.05, 0) is 38.5 Å². The van der Waals surface area contributed by atoms with Gasteiger partial charge in [0.05, 0.1) is 18.5 Å². The molecule has 0 aliphatic carbocycles. The molecule has 1 aromatic carbocycles. The van der Waals surface area contributed by atoms with Crippen LogP contribution in [-0.2, 0) is 0 Å². The number of hydrogen-bond acceptors (Lipinski definition) is 7. The van der Waals surface area contributed by atoms with E-state index in [-0.39, 0.29) is 0 Å². The second-order valence-electron chi connectivity index (χ2n) is 5.79. The SMILES string of the molecule is CCOc1cc(C=NNc2nnc(C)n2N)c(C)cc1N(CCCl)CCCl. The fraction of sp³-hybridized carbons (Fsp3) is 0.471. The summed E-state index contributed by atoms with van der Waals surface area (Å²) in [6.07, 6.45) is 1.69. The Kier molecular flexibility index (Phi) is 7.99. The van der Waals surface area contributed by atoms with Gasteiger partial charge in [-0.25, -0.2) is 10.1 Å². The van der Waals surface area contributed by atoms with Crippen LogP contribution in [0.1, 0.15) is 23.9 Å². The molecule has 0 fully saturated rings. The molecule has 0 radical (unpaired) electrons. The van der Waals surface area contributed by atoms with Gasteiger partial charge in [-0.2, -0.15) is 5.10 Å². The molecule has 0 atom stereocenters. The molecule has 27 heavy (non-hydrogen) atoms. The Balaban J connectivity index is 2.27. The number of nitrogens with one attached hydrogen (secondary N) is 1. The smallest absolute Gasteiger partial charge is 0.263 e. The monoisotopic (exact) mass is 413 g/mol. The van der Waals surface area contributed by atoms with E-state index in [1.165, 1.54) is 4.68 Å². The van der Waals surface area contributed by atoms with Crippen molar-refractivity contribution in [2.75, 3.05) is 47.6 Å². The number of alkyl halides is 2. The van der Waals surface area contributed by atoms with Crippen LogP contribution in [0.2, 0.25) is 0 Å². The van der Waals surface area contributed by atoms with Crippen LogP contribution < -0.4 is 20.9 Å². The first kappa shape index (κ1) is 21.1. The first-order chi connectivity index (χ1) is 13.0. The lowest BCUT2D eigenvalue weighted by Gasteiger charge is -2.26. The molecule has 0 unspecified atom stereocenters. The van der Waals surface area contributed by atoms with E-state index in [4.69, 9.17) is 33.8 Å². The van der Waals surface area contributed by atoms with Crippen molar-refractivity contribution in [3.8, 4) is 5.75 Å². The summed E-state index contributed by atoms with van der Waals surface area (Å²) < 4.78 is 7.17. The van der Waals surface area contributed by atoms with Crippen LogP contribution in [0, 0.1) is 13.8 Å². The van der Waals surface area contributed by atoms with E-state index < -0.39 is 0 Å². The average Bonchev–Trinajstić information content (AvgIpc) is 2.96. The summed E-state index contributed by atoms with van der Waals surface area (Å²) in [4.78, 5) is 2.12. The van der Waals surface area contributed by atoms with E-state index in [1.807, 2.05) is 19.9 Å². The molecular formula is C17H25Cl2N7O. The highest BCUT2D eigenvalue weighted by Gasteiger charge is 2.14. The summed E-state index contributed by atoms with van der Waals surface area (Å²) >= 11 is 11.9. The van der Waals surface area contributed by atoms with Gasteiger partial charge in [0.25, 0.3) is 5.95 Å². The van der Waals surface area contributed by atoms with Crippen LogP contribution in [0.15, 0.2) is 17.2 Å². The third-order valence-electron chi connectivity index (χ3n) is 3.93. The van der Waals surface area contributed by atoms with Gasteiger partial charge in [0, 0.05) is 30.4 Å². The number of aromatic nitrogens is 3. The van der Waals surface area contributed by atoms with Gasteiger partial charge in [0.1, 0.15) is 5.75 Å². The minimum atomic E-state index is 0.360. The number of nitrogens with two attached hydrogens (primary N) is 1. The highest BCUT2D eigenvalue weighted by Crippen LogP contribution is 2.31. The summed E-state index contributed by atoms with van der Waals surface area (Å²) in [5.74, 6) is 8.52. The van der Waals surface area contributed by atoms with Crippen molar-refractivity contribution in [3.63, 3.8) is 0 Å². The van der Waals surface area contributed by atoms with Crippen molar-refractivity contribution in [2.45, 2.75) is 20.8 Å².